The minimum absolute atomic E-state index is 0.244. The zero-order valence-corrected chi connectivity index (χ0v) is 15.3. The fourth-order valence-corrected chi connectivity index (χ4v) is 3.03. The van der Waals surface area contributed by atoms with Gasteiger partial charge in [-0.2, -0.15) is 0 Å². The standard InChI is InChI=1S/C20H27N3O2/c1-15(2)11-20(24)23(17-7-8-17)14-19-21-9-10-22(19)13-16-5-4-6-18(12-16)25-3/h4-6,9-10,12,15,17H,7-8,11,13-14H2,1-3H3. The largest absolute Gasteiger partial charge is 0.497 e. The minimum atomic E-state index is 0.244. The smallest absolute Gasteiger partial charge is 0.223 e. The van der Waals surface area contributed by atoms with E-state index in [4.69, 9.17) is 4.74 Å². The van der Waals surface area contributed by atoms with Crippen LogP contribution in [-0.2, 0) is 17.9 Å². The molecule has 0 aliphatic heterocycles. The molecule has 1 aromatic carbocycles. The van der Waals surface area contributed by atoms with Gasteiger partial charge in [-0.3, -0.25) is 4.79 Å². The molecule has 3 rings (SSSR count). The normalized spacial score (nSPS) is 13.9. The van der Waals surface area contributed by atoms with Gasteiger partial charge in [0.05, 0.1) is 13.7 Å². The molecule has 1 heterocycles. The van der Waals surface area contributed by atoms with Crippen LogP contribution in [0.25, 0.3) is 0 Å². The fourth-order valence-electron chi connectivity index (χ4n) is 3.03. The Balaban J connectivity index is 1.72. The maximum Gasteiger partial charge on any atom is 0.223 e. The van der Waals surface area contributed by atoms with Gasteiger partial charge in [-0.25, -0.2) is 4.98 Å². The van der Waals surface area contributed by atoms with Crippen LogP contribution >= 0.6 is 0 Å². The number of aromatic nitrogens is 2. The van der Waals surface area contributed by atoms with Crippen LogP contribution in [0.1, 0.15) is 44.5 Å². The Morgan fingerprint density at radius 2 is 2.20 bits per heavy atom. The summed E-state index contributed by atoms with van der Waals surface area (Å²) in [6.45, 7) is 5.50. The highest BCUT2D eigenvalue weighted by Crippen LogP contribution is 2.29. The van der Waals surface area contributed by atoms with Crippen molar-refractivity contribution in [1.29, 1.82) is 0 Å². The third-order valence-electron chi connectivity index (χ3n) is 4.49. The Morgan fingerprint density at radius 3 is 2.88 bits per heavy atom. The van der Waals surface area contributed by atoms with E-state index in [-0.39, 0.29) is 5.91 Å². The Bertz CT molecular complexity index is 719. The van der Waals surface area contributed by atoms with Crippen molar-refractivity contribution in [2.45, 2.75) is 52.2 Å². The molecule has 0 saturated heterocycles. The van der Waals surface area contributed by atoms with Crippen molar-refractivity contribution in [3.63, 3.8) is 0 Å². The van der Waals surface area contributed by atoms with Crippen molar-refractivity contribution < 1.29 is 9.53 Å². The summed E-state index contributed by atoms with van der Waals surface area (Å²) in [4.78, 5) is 19.1. The maximum atomic E-state index is 12.6. The number of amides is 1. The van der Waals surface area contributed by atoms with Gasteiger partial charge in [-0.05, 0) is 36.5 Å². The summed E-state index contributed by atoms with van der Waals surface area (Å²) in [6.07, 6.45) is 6.62. The van der Waals surface area contributed by atoms with Crippen molar-refractivity contribution >= 4 is 5.91 Å². The molecule has 1 aliphatic carbocycles. The van der Waals surface area contributed by atoms with Crippen LogP contribution in [0.3, 0.4) is 0 Å². The summed E-state index contributed by atoms with van der Waals surface area (Å²) in [5.41, 5.74) is 1.16. The second-order valence-corrected chi connectivity index (χ2v) is 7.17. The van der Waals surface area contributed by atoms with E-state index < -0.39 is 0 Å². The Morgan fingerprint density at radius 1 is 1.40 bits per heavy atom. The lowest BCUT2D eigenvalue weighted by Crippen LogP contribution is -2.34. The van der Waals surface area contributed by atoms with Crippen molar-refractivity contribution in [2.24, 2.45) is 5.92 Å². The van der Waals surface area contributed by atoms with E-state index in [1.807, 2.05) is 35.5 Å². The molecule has 25 heavy (non-hydrogen) atoms. The maximum absolute atomic E-state index is 12.6. The van der Waals surface area contributed by atoms with Gasteiger partial charge in [-0.1, -0.05) is 26.0 Å². The molecule has 5 nitrogen and oxygen atoms in total. The average molecular weight is 341 g/mol. The molecule has 1 aromatic heterocycles. The summed E-state index contributed by atoms with van der Waals surface area (Å²) < 4.78 is 7.42. The number of ether oxygens (including phenoxy) is 1. The number of rotatable bonds is 8. The molecule has 0 unspecified atom stereocenters. The SMILES string of the molecule is COc1cccc(Cn2ccnc2CN(C(=O)CC(C)C)C2CC2)c1. The van der Waals surface area contributed by atoms with E-state index in [0.29, 0.717) is 24.9 Å². The van der Waals surface area contributed by atoms with Gasteiger partial charge in [0.2, 0.25) is 5.91 Å². The summed E-state index contributed by atoms with van der Waals surface area (Å²) in [7, 11) is 1.68. The number of imidazole rings is 1. The van der Waals surface area contributed by atoms with Gasteiger partial charge in [0.15, 0.2) is 0 Å². The Hall–Kier alpha value is -2.30. The summed E-state index contributed by atoms with van der Waals surface area (Å²) in [5, 5.41) is 0. The van der Waals surface area contributed by atoms with Crippen molar-refractivity contribution in [1.82, 2.24) is 14.5 Å². The van der Waals surface area contributed by atoms with Crippen molar-refractivity contribution in [2.75, 3.05) is 7.11 Å². The van der Waals surface area contributed by atoms with E-state index >= 15 is 0 Å². The lowest BCUT2D eigenvalue weighted by molar-refractivity contribution is -0.133. The highest BCUT2D eigenvalue weighted by Gasteiger charge is 2.33. The number of hydrogen-bond acceptors (Lipinski definition) is 3. The zero-order chi connectivity index (χ0) is 17.8. The highest BCUT2D eigenvalue weighted by molar-refractivity contribution is 5.77. The predicted molar refractivity (Wildman–Crippen MR) is 97.4 cm³/mol. The quantitative estimate of drug-likeness (QED) is 0.738. The second-order valence-electron chi connectivity index (χ2n) is 7.17. The first-order valence-electron chi connectivity index (χ1n) is 8.99. The van der Waals surface area contributed by atoms with Gasteiger partial charge < -0.3 is 14.2 Å². The highest BCUT2D eigenvalue weighted by atomic mass is 16.5. The molecule has 1 fully saturated rings. The van der Waals surface area contributed by atoms with Crippen molar-refractivity contribution in [3.8, 4) is 5.75 Å². The topological polar surface area (TPSA) is 47.4 Å². The van der Waals surface area contributed by atoms with E-state index in [2.05, 4.69) is 29.5 Å². The Kier molecular flexibility index (Phi) is 5.41. The molecular weight excluding hydrogens is 314 g/mol. The summed E-state index contributed by atoms with van der Waals surface area (Å²) in [5.74, 6) is 2.41. The molecule has 1 aliphatic rings. The van der Waals surface area contributed by atoms with E-state index in [9.17, 15) is 4.79 Å². The van der Waals surface area contributed by atoms with Crippen LogP contribution in [0.2, 0.25) is 0 Å². The first-order valence-corrected chi connectivity index (χ1v) is 8.99. The van der Waals surface area contributed by atoms with Gasteiger partial charge in [-0.15, -0.1) is 0 Å². The van der Waals surface area contributed by atoms with Crippen molar-refractivity contribution in [3.05, 3.63) is 48.0 Å². The van der Waals surface area contributed by atoms with E-state index in [0.717, 1.165) is 36.5 Å². The zero-order valence-electron chi connectivity index (χ0n) is 15.3. The van der Waals surface area contributed by atoms with Crippen LogP contribution in [0, 0.1) is 5.92 Å². The first kappa shape index (κ1) is 17.5. The van der Waals surface area contributed by atoms with E-state index in [1.54, 1.807) is 7.11 Å². The third-order valence-corrected chi connectivity index (χ3v) is 4.49. The summed E-state index contributed by atoms with van der Waals surface area (Å²) in [6, 6.07) is 8.44. The molecular formula is C20H27N3O2. The van der Waals surface area contributed by atoms with Crippen LogP contribution < -0.4 is 4.74 Å². The lowest BCUT2D eigenvalue weighted by atomic mass is 10.1. The molecule has 0 spiro atoms. The minimum Gasteiger partial charge on any atom is -0.497 e. The van der Waals surface area contributed by atoms with Gasteiger partial charge in [0.1, 0.15) is 11.6 Å². The number of nitrogens with zero attached hydrogens (tertiary/aromatic N) is 3. The van der Waals surface area contributed by atoms with Crippen LogP contribution in [0.15, 0.2) is 36.7 Å². The molecule has 0 N–H and O–H groups in total. The summed E-state index contributed by atoms with van der Waals surface area (Å²) >= 11 is 0. The molecule has 134 valence electrons. The first-order chi connectivity index (χ1) is 12.1. The average Bonchev–Trinajstić information content (AvgIpc) is 3.33. The number of benzene rings is 1. The van der Waals surface area contributed by atoms with Crippen LogP contribution in [0.4, 0.5) is 0 Å². The molecule has 0 bridgehead atoms. The van der Waals surface area contributed by atoms with Crippen LogP contribution in [0.5, 0.6) is 5.75 Å². The molecule has 1 saturated carbocycles. The van der Waals surface area contributed by atoms with Crippen LogP contribution in [-0.4, -0.2) is 33.5 Å². The molecule has 0 atom stereocenters. The third kappa shape index (κ3) is 4.62. The number of carbonyl (C=O) groups excluding carboxylic acids is 1. The number of methoxy groups -OCH3 is 1. The fraction of sp³-hybridized carbons (Fsp3) is 0.500. The monoisotopic (exact) mass is 341 g/mol. The number of hydrogen-bond donors (Lipinski definition) is 0. The van der Waals surface area contributed by atoms with Gasteiger partial charge in [0, 0.05) is 31.4 Å². The molecule has 5 heteroatoms. The molecule has 2 aromatic rings. The Labute approximate surface area is 149 Å². The molecule has 1 amide bonds. The van der Waals surface area contributed by atoms with Gasteiger partial charge >= 0.3 is 0 Å². The molecule has 0 radical (unpaired) electrons. The van der Waals surface area contributed by atoms with E-state index in [1.165, 1.54) is 0 Å². The predicted octanol–water partition coefficient (Wildman–Crippen LogP) is 3.48. The lowest BCUT2D eigenvalue weighted by Gasteiger charge is -2.23. The second kappa shape index (κ2) is 7.72. The number of carbonyl (C=O) groups is 1. The van der Waals surface area contributed by atoms with Gasteiger partial charge in [0.25, 0.3) is 0 Å².